The molecule has 4 aromatic rings. The van der Waals surface area contributed by atoms with Gasteiger partial charge < -0.3 is 14.2 Å². The number of thiophene rings is 1. The fourth-order valence-corrected chi connectivity index (χ4v) is 5.80. The number of sulfonamides is 1. The number of carbonyl (C=O) groups is 2. The Hall–Kier alpha value is -4.65. The molecule has 0 aliphatic carbocycles. The van der Waals surface area contributed by atoms with Crippen molar-refractivity contribution in [2.75, 3.05) is 6.79 Å². The second kappa shape index (κ2) is 14.2. The highest BCUT2D eigenvalue weighted by Gasteiger charge is 2.29. The van der Waals surface area contributed by atoms with Gasteiger partial charge in [-0.15, -0.1) is 0 Å². The van der Waals surface area contributed by atoms with E-state index < -0.39 is 27.9 Å². The number of aryl methyl sites for hydroxylation is 1. The van der Waals surface area contributed by atoms with E-state index in [4.69, 9.17) is 19.0 Å². The summed E-state index contributed by atoms with van der Waals surface area (Å²) >= 11 is 1.53. The molecule has 44 heavy (non-hydrogen) atoms. The van der Waals surface area contributed by atoms with Gasteiger partial charge in [0, 0.05) is 11.1 Å². The molecule has 1 aromatic heterocycles. The van der Waals surface area contributed by atoms with Crippen molar-refractivity contribution in [1.29, 1.82) is 0 Å². The lowest BCUT2D eigenvalue weighted by Crippen LogP contribution is -2.36. The molecule has 0 fully saturated rings. The molecular formula is C32H30N2O8S2. The molecule has 3 aromatic carbocycles. The fraction of sp³-hybridized carbons (Fsp3) is 0.188. The van der Waals surface area contributed by atoms with Crippen LogP contribution in [0.5, 0.6) is 17.2 Å². The largest absolute Gasteiger partial charge is 0.475 e. The van der Waals surface area contributed by atoms with Crippen LogP contribution in [0.4, 0.5) is 0 Å². The molecule has 1 aliphatic rings. The van der Waals surface area contributed by atoms with Gasteiger partial charge in [0.05, 0.1) is 5.41 Å². The van der Waals surface area contributed by atoms with Gasteiger partial charge in [0.1, 0.15) is 12.4 Å². The zero-order valence-electron chi connectivity index (χ0n) is 23.7. The highest BCUT2D eigenvalue weighted by molar-refractivity contribution is 7.93. The zero-order valence-corrected chi connectivity index (χ0v) is 25.4. The fourth-order valence-electron chi connectivity index (χ4n) is 4.36. The maximum absolute atomic E-state index is 13.5. The van der Waals surface area contributed by atoms with Gasteiger partial charge in [-0.3, -0.25) is 14.4 Å². The standard InChI is InChI=1S/C32H30N2O8S2/c1-2-6-24-17-26(31(35)33-41-19-23-13-15-43-20-23)10-11-27(24)42-30(25-9-12-28-29(18-25)40-21-39-28)32(36)34-44(37,38)16-14-22-7-4-3-5-8-22/h3-5,7-18,20,30H,2,6,19,21H2,1H3,(H,33,35)(H,34,36)/b16-14+. The van der Waals surface area contributed by atoms with Crippen LogP contribution in [0.1, 0.15) is 52.1 Å². The van der Waals surface area contributed by atoms with Gasteiger partial charge in [0.15, 0.2) is 11.5 Å². The summed E-state index contributed by atoms with van der Waals surface area (Å²) in [6.45, 7) is 2.22. The number of rotatable bonds is 13. The van der Waals surface area contributed by atoms with Crippen molar-refractivity contribution in [3.63, 3.8) is 0 Å². The molecule has 0 bridgehead atoms. The Labute approximate surface area is 259 Å². The number of hydrogen-bond acceptors (Lipinski definition) is 9. The monoisotopic (exact) mass is 634 g/mol. The van der Waals surface area contributed by atoms with E-state index in [0.717, 1.165) is 17.4 Å². The molecule has 5 rings (SSSR count). The summed E-state index contributed by atoms with van der Waals surface area (Å²) in [4.78, 5) is 31.7. The highest BCUT2D eigenvalue weighted by atomic mass is 32.2. The van der Waals surface area contributed by atoms with E-state index in [2.05, 4.69) is 10.2 Å². The van der Waals surface area contributed by atoms with Gasteiger partial charge in [-0.05, 0) is 76.3 Å². The van der Waals surface area contributed by atoms with E-state index in [1.54, 1.807) is 60.7 Å². The van der Waals surface area contributed by atoms with Crippen LogP contribution in [0.25, 0.3) is 6.08 Å². The van der Waals surface area contributed by atoms with Crippen molar-refractivity contribution in [2.24, 2.45) is 0 Å². The number of amides is 2. The molecule has 10 nitrogen and oxygen atoms in total. The van der Waals surface area contributed by atoms with Crippen LogP contribution >= 0.6 is 11.3 Å². The molecule has 1 aliphatic heterocycles. The maximum Gasteiger partial charge on any atom is 0.279 e. The average molecular weight is 635 g/mol. The summed E-state index contributed by atoms with van der Waals surface area (Å²) in [5.74, 6) is -0.135. The number of hydroxylamine groups is 1. The molecule has 228 valence electrons. The van der Waals surface area contributed by atoms with Crippen LogP contribution in [0.3, 0.4) is 0 Å². The minimum Gasteiger partial charge on any atom is -0.475 e. The van der Waals surface area contributed by atoms with Crippen molar-refractivity contribution >= 4 is 39.3 Å². The van der Waals surface area contributed by atoms with Gasteiger partial charge in [0.2, 0.25) is 12.9 Å². The third-order valence-electron chi connectivity index (χ3n) is 6.49. The second-order valence-corrected chi connectivity index (χ2v) is 12.1. The predicted molar refractivity (Wildman–Crippen MR) is 165 cm³/mol. The van der Waals surface area contributed by atoms with Crippen molar-refractivity contribution in [2.45, 2.75) is 32.5 Å². The lowest BCUT2D eigenvalue weighted by atomic mass is 10.0. The molecule has 2 heterocycles. The quantitative estimate of drug-likeness (QED) is 0.184. The Morgan fingerprint density at radius 1 is 1.02 bits per heavy atom. The Bertz CT molecular complexity index is 1740. The number of carbonyl (C=O) groups excluding carboxylic acids is 2. The number of hydrogen-bond donors (Lipinski definition) is 2. The minimum absolute atomic E-state index is 0.0241. The lowest BCUT2D eigenvalue weighted by molar-refractivity contribution is -0.126. The summed E-state index contributed by atoms with van der Waals surface area (Å²) in [5, 5.41) is 4.77. The van der Waals surface area contributed by atoms with E-state index in [1.807, 2.05) is 29.8 Å². The lowest BCUT2D eigenvalue weighted by Gasteiger charge is -2.21. The Morgan fingerprint density at radius 2 is 1.84 bits per heavy atom. The van der Waals surface area contributed by atoms with Crippen molar-refractivity contribution < 1.29 is 37.1 Å². The number of nitrogens with one attached hydrogen (secondary N) is 2. The van der Waals surface area contributed by atoms with Gasteiger partial charge in [-0.2, -0.15) is 11.3 Å². The number of fused-ring (bicyclic) bond motifs is 1. The number of benzene rings is 3. The van der Waals surface area contributed by atoms with E-state index in [-0.39, 0.29) is 13.4 Å². The molecule has 0 spiro atoms. The second-order valence-electron chi connectivity index (χ2n) is 9.76. The van der Waals surface area contributed by atoms with Crippen LogP contribution in [-0.2, 0) is 32.7 Å². The van der Waals surface area contributed by atoms with Gasteiger partial charge in [-0.25, -0.2) is 18.6 Å². The van der Waals surface area contributed by atoms with Gasteiger partial charge in [0.25, 0.3) is 21.8 Å². The first-order chi connectivity index (χ1) is 21.3. The van der Waals surface area contributed by atoms with E-state index in [9.17, 15) is 18.0 Å². The summed E-state index contributed by atoms with van der Waals surface area (Å²) < 4.78 is 44.9. The average Bonchev–Trinajstić information content (AvgIpc) is 3.72. The molecular weight excluding hydrogens is 604 g/mol. The summed E-state index contributed by atoms with van der Waals surface area (Å²) in [6, 6.07) is 20.3. The van der Waals surface area contributed by atoms with Crippen LogP contribution in [0, 0.1) is 0 Å². The Morgan fingerprint density at radius 3 is 2.61 bits per heavy atom. The molecule has 0 radical (unpaired) electrons. The van der Waals surface area contributed by atoms with Crippen molar-refractivity contribution in [3.05, 3.63) is 117 Å². The molecule has 2 amide bonds. The molecule has 2 N–H and O–H groups in total. The van der Waals surface area contributed by atoms with Crippen molar-refractivity contribution in [1.82, 2.24) is 10.2 Å². The smallest absolute Gasteiger partial charge is 0.279 e. The SMILES string of the molecule is CCCc1cc(C(=O)NOCc2ccsc2)ccc1OC(C(=O)NS(=O)(=O)/C=C/c1ccccc1)c1ccc2c(c1)OCO2. The first-order valence-corrected chi connectivity index (χ1v) is 16.2. The van der Waals surface area contributed by atoms with Crippen LogP contribution < -0.4 is 24.4 Å². The predicted octanol–water partition coefficient (Wildman–Crippen LogP) is 5.53. The topological polar surface area (TPSA) is 129 Å². The normalized spacial score (nSPS) is 13.0. The maximum atomic E-state index is 13.5. The minimum atomic E-state index is -4.18. The van der Waals surface area contributed by atoms with Crippen molar-refractivity contribution in [3.8, 4) is 17.2 Å². The summed E-state index contributed by atoms with van der Waals surface area (Å²) in [5.41, 5.74) is 5.38. The first-order valence-electron chi connectivity index (χ1n) is 13.7. The molecule has 12 heteroatoms. The Balaban J connectivity index is 1.38. The summed E-state index contributed by atoms with van der Waals surface area (Å²) in [6.07, 6.45) is 1.25. The third-order valence-corrected chi connectivity index (χ3v) is 8.20. The number of ether oxygens (including phenoxy) is 3. The molecule has 1 atom stereocenters. The van der Waals surface area contributed by atoms with E-state index >= 15 is 0 Å². The molecule has 0 saturated heterocycles. The van der Waals surface area contributed by atoms with Gasteiger partial charge in [-0.1, -0.05) is 49.7 Å². The van der Waals surface area contributed by atoms with E-state index in [0.29, 0.717) is 45.9 Å². The Kier molecular flexibility index (Phi) is 9.95. The molecule has 1 unspecified atom stereocenters. The van der Waals surface area contributed by atoms with E-state index in [1.165, 1.54) is 17.4 Å². The highest BCUT2D eigenvalue weighted by Crippen LogP contribution is 2.36. The molecule has 0 saturated carbocycles. The van der Waals surface area contributed by atoms with Crippen LogP contribution in [0.15, 0.2) is 89.0 Å². The zero-order chi connectivity index (χ0) is 30.9. The summed E-state index contributed by atoms with van der Waals surface area (Å²) in [7, 11) is -4.18. The van der Waals surface area contributed by atoms with Gasteiger partial charge >= 0.3 is 0 Å². The van der Waals surface area contributed by atoms with Crippen LogP contribution in [0.2, 0.25) is 0 Å². The first kappa shape index (κ1) is 30.8. The van der Waals surface area contributed by atoms with Crippen LogP contribution in [-0.4, -0.2) is 27.0 Å². The third kappa shape index (κ3) is 8.04.